The van der Waals surface area contributed by atoms with E-state index in [2.05, 4.69) is 10.6 Å². The van der Waals surface area contributed by atoms with E-state index in [1.807, 2.05) is 0 Å². The topological polar surface area (TPSA) is 193 Å². The Morgan fingerprint density at radius 1 is 1.08 bits per heavy atom. The van der Waals surface area contributed by atoms with Gasteiger partial charge in [0.1, 0.15) is 23.1 Å². The highest BCUT2D eigenvalue weighted by atomic mass is 32.2. The normalized spacial score (nSPS) is 17.0. The average Bonchev–Trinajstić information content (AvgIpc) is 3.07. The van der Waals surface area contributed by atoms with Crippen molar-refractivity contribution in [2.24, 2.45) is 0 Å². The smallest absolute Gasteiger partial charge is 0.490 e. The maximum atomic E-state index is 14.3. The van der Waals surface area contributed by atoms with Crippen molar-refractivity contribution in [1.29, 1.82) is 0 Å². The molecule has 2 heterocycles. The van der Waals surface area contributed by atoms with Gasteiger partial charge in [0.2, 0.25) is 11.8 Å². The number of nitrogens with zero attached hydrogens (tertiary/aromatic N) is 2. The first-order chi connectivity index (χ1) is 22.3. The number of hydrogen-bond acceptors (Lipinski definition) is 10. The number of carbonyl (C=O) groups excluding carboxylic acids is 3. The molecule has 3 N–H and O–H groups in total. The summed E-state index contributed by atoms with van der Waals surface area (Å²) in [5.74, 6) is -4.86. The molecule has 3 aromatic rings. The van der Waals surface area contributed by atoms with Crippen molar-refractivity contribution >= 4 is 55.9 Å². The number of carbonyl (C=O) groups is 4. The third-order valence-corrected chi connectivity index (χ3v) is 8.01. The van der Waals surface area contributed by atoms with Crippen LogP contribution in [-0.4, -0.2) is 87.7 Å². The van der Waals surface area contributed by atoms with Gasteiger partial charge in [-0.1, -0.05) is 12.1 Å². The number of alkyl halides is 3. The Balaban J connectivity index is 0.000000804. The summed E-state index contributed by atoms with van der Waals surface area (Å²) >= 11 is 0. The highest BCUT2D eigenvalue weighted by Crippen LogP contribution is 2.37. The SMILES string of the molecule is CNC(C)C(=O)N[C@@H]1C(=O)N(Cc2cc(=O)oc3cc(OC)ccc23)c2ccccc2N(C(=O)CS(C)(=O)=O)[C@H]1C.O=C(O)C(F)(F)F. The lowest BCUT2D eigenvalue weighted by molar-refractivity contribution is -0.192. The lowest BCUT2D eigenvalue weighted by atomic mass is 10.1. The van der Waals surface area contributed by atoms with Crippen LogP contribution in [-0.2, 0) is 35.6 Å². The number of aliphatic carboxylic acids is 1. The molecule has 0 saturated carbocycles. The molecule has 1 unspecified atom stereocenters. The van der Waals surface area contributed by atoms with Crippen LogP contribution in [0, 0.1) is 0 Å². The Hall–Kier alpha value is -4.97. The standard InChI is InChI=1S/C28H32N4O8S.C2HF3O2/c1-16(29-3)27(35)30-26-17(2)32(24(33)15-41(5,37)38)22-9-7-6-8-21(22)31(28(26)36)14-18-12-25(34)40-23-13-19(39-4)10-11-20(18)23;3-2(4,5)1(6)7/h6-13,16-17,26,29H,14-15H2,1-5H3,(H,30,35);(H,6,7)/t16?,17-,26-;/m0./s1. The van der Waals surface area contributed by atoms with Gasteiger partial charge >= 0.3 is 17.8 Å². The number of halogens is 3. The average molecular weight is 699 g/mol. The number of amides is 3. The van der Waals surface area contributed by atoms with Crippen LogP contribution < -0.4 is 30.8 Å². The number of likely N-dealkylation sites (N-methyl/N-ethyl adjacent to an activating group) is 1. The molecule has 18 heteroatoms. The van der Waals surface area contributed by atoms with Crippen LogP contribution in [0.4, 0.5) is 24.5 Å². The molecule has 0 bridgehead atoms. The second kappa shape index (κ2) is 14.8. The lowest BCUT2D eigenvalue weighted by Gasteiger charge is -2.32. The zero-order valence-corrected chi connectivity index (χ0v) is 27.1. The molecule has 0 saturated heterocycles. The number of carboxylic acid groups (broad SMARTS) is 1. The van der Waals surface area contributed by atoms with E-state index in [1.165, 1.54) is 23.0 Å². The second-order valence-corrected chi connectivity index (χ2v) is 12.9. The fourth-order valence-electron chi connectivity index (χ4n) is 4.81. The molecule has 3 atom stereocenters. The Bertz CT molecular complexity index is 1880. The zero-order chi connectivity index (χ0) is 36.1. The molecule has 1 aromatic heterocycles. The Labute approximate surface area is 272 Å². The summed E-state index contributed by atoms with van der Waals surface area (Å²) in [6.45, 7) is 3.08. The van der Waals surface area contributed by atoms with Gasteiger partial charge < -0.3 is 34.7 Å². The first-order valence-corrected chi connectivity index (χ1v) is 16.1. The molecular weight excluding hydrogens is 665 g/mol. The van der Waals surface area contributed by atoms with Gasteiger partial charge in [-0.2, -0.15) is 13.2 Å². The molecular formula is C30H33F3N4O10S. The number of nitrogens with one attached hydrogen (secondary N) is 2. The number of ether oxygens (including phenoxy) is 1. The highest BCUT2D eigenvalue weighted by Gasteiger charge is 2.43. The van der Waals surface area contributed by atoms with E-state index >= 15 is 0 Å². The number of hydrogen-bond donors (Lipinski definition) is 3. The second-order valence-electron chi connectivity index (χ2n) is 10.7. The van der Waals surface area contributed by atoms with E-state index in [9.17, 15) is 40.8 Å². The van der Waals surface area contributed by atoms with Crippen LogP contribution in [0.25, 0.3) is 11.0 Å². The maximum Gasteiger partial charge on any atom is 0.490 e. The molecule has 2 aromatic carbocycles. The molecule has 14 nitrogen and oxygen atoms in total. The maximum absolute atomic E-state index is 14.3. The van der Waals surface area contributed by atoms with Crippen molar-refractivity contribution in [3.8, 4) is 5.75 Å². The van der Waals surface area contributed by atoms with Crippen LogP contribution in [0.15, 0.2) is 57.7 Å². The van der Waals surface area contributed by atoms with Gasteiger partial charge in [0.25, 0.3) is 5.91 Å². The third kappa shape index (κ3) is 8.88. The first-order valence-electron chi connectivity index (χ1n) is 14.1. The van der Waals surface area contributed by atoms with Crippen LogP contribution in [0.5, 0.6) is 5.75 Å². The fraction of sp³-hybridized carbons (Fsp3) is 0.367. The number of para-hydroxylation sites is 2. The van der Waals surface area contributed by atoms with Gasteiger partial charge in [0.15, 0.2) is 9.84 Å². The fourth-order valence-corrected chi connectivity index (χ4v) is 5.39. The van der Waals surface area contributed by atoms with Crippen LogP contribution in [0.3, 0.4) is 0 Å². The van der Waals surface area contributed by atoms with Gasteiger partial charge in [-0.25, -0.2) is 18.0 Å². The number of rotatable bonds is 8. The Morgan fingerprint density at radius 3 is 2.23 bits per heavy atom. The third-order valence-electron chi connectivity index (χ3n) is 7.24. The minimum atomic E-state index is -5.08. The number of sulfone groups is 1. The summed E-state index contributed by atoms with van der Waals surface area (Å²) in [4.78, 5) is 64.7. The van der Waals surface area contributed by atoms with Gasteiger partial charge in [-0.3, -0.25) is 14.4 Å². The summed E-state index contributed by atoms with van der Waals surface area (Å²) < 4.78 is 66.5. The van der Waals surface area contributed by atoms with E-state index in [-0.39, 0.29) is 17.8 Å². The highest BCUT2D eigenvalue weighted by molar-refractivity contribution is 7.91. The summed E-state index contributed by atoms with van der Waals surface area (Å²) in [5.41, 5.74) is 0.670. The van der Waals surface area contributed by atoms with Crippen molar-refractivity contribution in [2.45, 2.75) is 44.7 Å². The molecule has 4 rings (SSSR count). The summed E-state index contributed by atoms with van der Waals surface area (Å²) in [5, 5.41) is 13.2. The van der Waals surface area contributed by atoms with Gasteiger partial charge in [-0.05, 0) is 50.7 Å². The van der Waals surface area contributed by atoms with Crippen LogP contribution in [0.2, 0.25) is 0 Å². The molecule has 1 aliphatic heterocycles. The first kappa shape index (κ1) is 37.5. The number of benzene rings is 2. The number of anilines is 2. The Kier molecular flexibility index (Phi) is 11.6. The quantitative estimate of drug-likeness (QED) is 0.291. The number of methoxy groups -OCH3 is 1. The predicted octanol–water partition coefficient (Wildman–Crippen LogP) is 1.84. The van der Waals surface area contributed by atoms with Crippen molar-refractivity contribution < 1.29 is 55.0 Å². The number of fused-ring (bicyclic) bond motifs is 2. The zero-order valence-electron chi connectivity index (χ0n) is 26.3. The van der Waals surface area contributed by atoms with Gasteiger partial charge in [-0.15, -0.1) is 0 Å². The van der Waals surface area contributed by atoms with Crippen molar-refractivity contribution in [3.05, 3.63) is 64.5 Å². The number of carboxylic acids is 1. The van der Waals surface area contributed by atoms with E-state index in [0.29, 0.717) is 22.4 Å². The monoisotopic (exact) mass is 698 g/mol. The van der Waals surface area contributed by atoms with E-state index in [1.54, 1.807) is 63.4 Å². The molecule has 0 aliphatic carbocycles. The van der Waals surface area contributed by atoms with Crippen LogP contribution in [0.1, 0.15) is 19.4 Å². The molecule has 0 radical (unpaired) electrons. The van der Waals surface area contributed by atoms with Crippen molar-refractivity contribution in [2.75, 3.05) is 36.0 Å². The minimum absolute atomic E-state index is 0.112. The summed E-state index contributed by atoms with van der Waals surface area (Å²) in [6, 6.07) is 9.94. The van der Waals surface area contributed by atoms with Gasteiger partial charge in [0, 0.05) is 23.8 Å². The lowest BCUT2D eigenvalue weighted by Crippen LogP contribution is -2.60. The summed E-state index contributed by atoms with van der Waals surface area (Å²) in [7, 11) is -0.647. The molecule has 0 fully saturated rings. The van der Waals surface area contributed by atoms with Crippen molar-refractivity contribution in [1.82, 2.24) is 10.6 Å². The minimum Gasteiger partial charge on any atom is -0.497 e. The predicted molar refractivity (Wildman–Crippen MR) is 167 cm³/mol. The largest absolute Gasteiger partial charge is 0.497 e. The molecule has 3 amide bonds. The van der Waals surface area contributed by atoms with E-state index in [4.69, 9.17) is 19.1 Å². The van der Waals surface area contributed by atoms with Crippen LogP contribution >= 0.6 is 0 Å². The van der Waals surface area contributed by atoms with Gasteiger partial charge in [0.05, 0.1) is 37.1 Å². The molecule has 0 spiro atoms. The molecule has 260 valence electrons. The van der Waals surface area contributed by atoms with Crippen molar-refractivity contribution in [3.63, 3.8) is 0 Å². The Morgan fingerprint density at radius 2 is 1.69 bits per heavy atom. The summed E-state index contributed by atoms with van der Waals surface area (Å²) in [6.07, 6.45) is -4.13. The molecule has 1 aliphatic rings. The van der Waals surface area contributed by atoms with E-state index < -0.39 is 69.2 Å². The van der Waals surface area contributed by atoms with E-state index in [0.717, 1.165) is 6.26 Å². The molecule has 48 heavy (non-hydrogen) atoms.